The van der Waals surface area contributed by atoms with Gasteiger partial charge in [0.25, 0.3) is 0 Å². The average Bonchev–Trinajstić information content (AvgIpc) is 1.52. The molecule has 0 spiro atoms. The van der Waals surface area contributed by atoms with Gasteiger partial charge in [-0.2, -0.15) is 0 Å². The van der Waals surface area contributed by atoms with Crippen molar-refractivity contribution in [3.63, 3.8) is 0 Å². The summed E-state index contributed by atoms with van der Waals surface area (Å²) in [5.74, 6) is 0.249. The molecule has 26 aromatic rings. The number of aryl methyl sites for hydroxylation is 2. The van der Waals surface area contributed by atoms with E-state index in [4.69, 9.17) is 0 Å². The minimum Gasteiger partial charge on any atom is -0.310 e. The summed E-state index contributed by atoms with van der Waals surface area (Å²) in [5.41, 5.74) is 33.2. The van der Waals surface area contributed by atoms with Crippen LogP contribution in [0.1, 0.15) is 42.0 Å². The molecule has 18 aromatic carbocycles. The second-order valence-electron chi connectivity index (χ2n) is 33.6. The third-order valence-electron chi connectivity index (χ3n) is 26.9. The van der Waals surface area contributed by atoms with E-state index in [0.717, 1.165) is 81.1 Å². The van der Waals surface area contributed by atoms with E-state index in [1.54, 1.807) is 0 Å². The Morgan fingerprint density at radius 3 is 0.713 bits per heavy atom. The van der Waals surface area contributed by atoms with Crippen molar-refractivity contribution in [2.24, 2.45) is 0 Å². The summed E-state index contributed by atoms with van der Waals surface area (Å²) in [4.78, 5) is 9.63. The largest absolute Gasteiger partial charge is 0.310 e. The summed E-state index contributed by atoms with van der Waals surface area (Å²) in [6.07, 6.45) is 1.89. The topological polar surface area (TPSA) is 30.6 Å². The highest BCUT2D eigenvalue weighted by molar-refractivity contribution is 6.32. The standard InChI is InChI=1S/C114H78N8/c1-4-72-39-47-80(48-40-72)116(76-23-11-6-12-24-76)84-54-58-88-92-30-18-34-96-101-69-110-102(68-108(101)120(112(92)96)104(88)63-84)98-36-20-32-94-90-60-56-86(65-106(90)122(110)114(94)98)118(78-27-15-8-16-28-78)82-51-43-74(44-52-82)71(3)61-73-41-49-81(50-42-73)117(77-25-13-7-14-26-77)85-55-59-89-93-31-19-35-97-100-66-107-99(67-109(100)121(113(93)97)105(89)64-85)95-33-17-29-91-87-57-53-83(62-103(87)119(107)111(91)95)115(75-21-9-5-10-22-75)79-45-37-70(2)38-46-79/h5-60,62-69,71H,4,61H2,1-3H3. The molecule has 26 rings (SSSR count). The number of benzene rings is 18. The van der Waals surface area contributed by atoms with Crippen LogP contribution in [0.15, 0.2) is 388 Å². The first kappa shape index (κ1) is 68.4. The van der Waals surface area contributed by atoms with E-state index < -0.39 is 0 Å². The zero-order chi connectivity index (χ0) is 80.3. The number of rotatable bonds is 16. The number of nitrogens with zero attached hydrogens (tertiary/aromatic N) is 8. The Bertz CT molecular complexity index is 8650. The lowest BCUT2D eigenvalue weighted by Crippen LogP contribution is -2.10. The van der Waals surface area contributed by atoms with Gasteiger partial charge in [0.1, 0.15) is 0 Å². The molecule has 122 heavy (non-hydrogen) atoms. The van der Waals surface area contributed by atoms with Crippen molar-refractivity contribution in [3.05, 3.63) is 411 Å². The van der Waals surface area contributed by atoms with Crippen LogP contribution in [-0.2, 0) is 12.8 Å². The smallest absolute Gasteiger partial charge is 0.0620 e. The highest BCUT2D eigenvalue weighted by atomic mass is 15.2. The second-order valence-corrected chi connectivity index (χ2v) is 33.6. The van der Waals surface area contributed by atoms with E-state index in [2.05, 4.69) is 446 Å². The van der Waals surface area contributed by atoms with Crippen LogP contribution in [0, 0.1) is 6.92 Å². The van der Waals surface area contributed by atoms with E-state index in [0.29, 0.717) is 0 Å². The normalized spacial score (nSPS) is 12.6. The van der Waals surface area contributed by atoms with Crippen molar-refractivity contribution in [1.29, 1.82) is 0 Å². The van der Waals surface area contributed by atoms with Crippen LogP contribution in [0.4, 0.5) is 68.2 Å². The van der Waals surface area contributed by atoms with Gasteiger partial charge in [-0.05, 0) is 212 Å². The molecule has 8 heterocycles. The SMILES string of the molecule is CCc1ccc(N(c2ccccc2)c2ccc3c4cccc5c6cc7c(cc6n(c3c2)c45)c2cccc3c4ccc(N(c5ccccc5)c5ccc(C(C)Cc6ccc(N(c8ccccc8)c8ccc9c%10cccc%11c%12cc%13c(cc%12n(c9c8)c%10%11)c8cccc9c%10ccc(N(c%11ccccc%11)c%11ccc(C)cc%11)cc%10n%13c98)cc6)cc5)cc4n7c32)cc1. The van der Waals surface area contributed by atoms with Crippen molar-refractivity contribution in [2.75, 3.05) is 19.6 Å². The molecule has 0 aliphatic heterocycles. The van der Waals surface area contributed by atoms with Gasteiger partial charge in [0.05, 0.1) is 66.2 Å². The number of hydrogen-bond donors (Lipinski definition) is 0. The Labute approximate surface area is 703 Å². The molecular weight excluding hydrogens is 1480 g/mol. The number of fused-ring (bicyclic) bond motifs is 24. The first-order valence-corrected chi connectivity index (χ1v) is 42.7. The third-order valence-corrected chi connectivity index (χ3v) is 26.9. The minimum absolute atomic E-state index is 0.249. The Balaban J connectivity index is 0.527. The average molecular weight is 1560 g/mol. The molecule has 0 aliphatic carbocycles. The molecule has 0 fully saturated rings. The first-order chi connectivity index (χ1) is 60.3. The summed E-state index contributed by atoms with van der Waals surface area (Å²) in [6, 6.07) is 146. The van der Waals surface area contributed by atoms with E-state index in [-0.39, 0.29) is 5.92 Å². The van der Waals surface area contributed by atoms with Gasteiger partial charge >= 0.3 is 0 Å². The highest BCUT2D eigenvalue weighted by Gasteiger charge is 2.29. The quantitative estimate of drug-likeness (QED) is 0.0965. The number of anilines is 12. The predicted molar refractivity (Wildman–Crippen MR) is 516 cm³/mol. The molecule has 1 unspecified atom stereocenters. The van der Waals surface area contributed by atoms with Crippen LogP contribution < -0.4 is 19.6 Å². The fourth-order valence-electron chi connectivity index (χ4n) is 21.3. The van der Waals surface area contributed by atoms with E-state index in [1.807, 2.05) is 0 Å². The zero-order valence-electron chi connectivity index (χ0n) is 67.5. The van der Waals surface area contributed by atoms with Gasteiger partial charge in [0.2, 0.25) is 0 Å². The van der Waals surface area contributed by atoms with Crippen LogP contribution in [0.5, 0.6) is 0 Å². The molecule has 0 aliphatic rings. The molecule has 0 amide bonds. The Morgan fingerprint density at radius 2 is 0.434 bits per heavy atom. The number of hydrogen-bond acceptors (Lipinski definition) is 4. The molecule has 0 saturated carbocycles. The van der Waals surface area contributed by atoms with Crippen LogP contribution in [-0.4, -0.2) is 17.6 Å². The molecule has 8 nitrogen and oxygen atoms in total. The summed E-state index contributed by atoms with van der Waals surface area (Å²) < 4.78 is 10.2. The lowest BCUT2D eigenvalue weighted by molar-refractivity contribution is 0.759. The van der Waals surface area contributed by atoms with Gasteiger partial charge in [0, 0.05) is 154 Å². The maximum atomic E-state index is 2.56. The summed E-state index contributed by atoms with van der Waals surface area (Å²) in [7, 11) is 0. The van der Waals surface area contributed by atoms with Gasteiger partial charge in [-0.15, -0.1) is 0 Å². The van der Waals surface area contributed by atoms with Gasteiger partial charge < -0.3 is 37.2 Å². The molecule has 0 radical (unpaired) electrons. The van der Waals surface area contributed by atoms with Crippen molar-refractivity contribution in [2.45, 2.75) is 39.5 Å². The molecule has 574 valence electrons. The lowest BCUT2D eigenvalue weighted by Gasteiger charge is -2.26. The van der Waals surface area contributed by atoms with Gasteiger partial charge in [-0.1, -0.05) is 238 Å². The molecular formula is C114H78N8. The van der Waals surface area contributed by atoms with Crippen molar-refractivity contribution in [3.8, 4) is 0 Å². The van der Waals surface area contributed by atoms with E-state index >= 15 is 0 Å². The van der Waals surface area contributed by atoms with Gasteiger partial charge in [-0.3, -0.25) is 0 Å². The molecule has 1 atom stereocenters. The van der Waals surface area contributed by atoms with Crippen LogP contribution in [0.2, 0.25) is 0 Å². The van der Waals surface area contributed by atoms with Crippen LogP contribution in [0.3, 0.4) is 0 Å². The summed E-state index contributed by atoms with van der Waals surface area (Å²) in [6.45, 7) is 6.74. The fourth-order valence-corrected chi connectivity index (χ4v) is 21.3. The Kier molecular flexibility index (Phi) is 14.7. The molecule has 8 aromatic heterocycles. The summed E-state index contributed by atoms with van der Waals surface area (Å²) in [5, 5.41) is 20.1. The minimum atomic E-state index is 0.249. The second kappa shape index (κ2) is 26.2. The van der Waals surface area contributed by atoms with Crippen molar-refractivity contribution in [1.82, 2.24) is 17.6 Å². The number of para-hydroxylation sites is 8. The maximum absolute atomic E-state index is 2.56. The van der Waals surface area contributed by atoms with Gasteiger partial charge in [0.15, 0.2) is 0 Å². The maximum Gasteiger partial charge on any atom is 0.0620 e. The molecule has 0 saturated heterocycles. The van der Waals surface area contributed by atoms with E-state index in [1.165, 1.54) is 175 Å². The highest BCUT2D eigenvalue weighted by Crippen LogP contribution is 2.52. The fraction of sp³-hybridized carbons (Fsp3) is 0.0526. The predicted octanol–water partition coefficient (Wildman–Crippen LogP) is 31.4. The molecule has 0 N–H and O–H groups in total. The first-order valence-electron chi connectivity index (χ1n) is 42.7. The van der Waals surface area contributed by atoms with Crippen molar-refractivity contribution < 1.29 is 0 Å². The third kappa shape index (κ3) is 9.97. The van der Waals surface area contributed by atoms with Crippen LogP contribution >= 0.6 is 0 Å². The monoisotopic (exact) mass is 1560 g/mol. The number of aromatic nitrogens is 4. The van der Waals surface area contributed by atoms with Crippen LogP contribution in [0.25, 0.3) is 152 Å². The van der Waals surface area contributed by atoms with Crippen molar-refractivity contribution >= 4 is 221 Å². The molecule has 0 bridgehead atoms. The lowest BCUT2D eigenvalue weighted by atomic mass is 9.93. The van der Waals surface area contributed by atoms with Gasteiger partial charge in [-0.25, -0.2) is 0 Å². The Morgan fingerprint density at radius 1 is 0.205 bits per heavy atom. The van der Waals surface area contributed by atoms with E-state index in [9.17, 15) is 0 Å². The Hall–Kier alpha value is -15.6. The summed E-state index contributed by atoms with van der Waals surface area (Å²) >= 11 is 0. The zero-order valence-corrected chi connectivity index (χ0v) is 67.5. The molecule has 8 heteroatoms.